The average Bonchev–Trinajstić information content (AvgIpc) is 3.75. The van der Waals surface area contributed by atoms with Gasteiger partial charge >= 0.3 is 0 Å². The molecule has 0 unspecified atom stereocenters. The summed E-state index contributed by atoms with van der Waals surface area (Å²) in [5, 5.41) is 28.7. The maximum Gasteiger partial charge on any atom is 0.0846 e. The lowest BCUT2D eigenvalue weighted by Crippen LogP contribution is -2.26. The molecule has 0 saturated heterocycles. The van der Waals surface area contributed by atoms with Crippen molar-refractivity contribution in [3.05, 3.63) is 167 Å². The molecule has 2 aliphatic rings. The molecule has 2 aromatic heterocycles. The molecule has 0 fully saturated rings. The van der Waals surface area contributed by atoms with Crippen molar-refractivity contribution in [1.29, 1.82) is 0 Å². The lowest BCUT2D eigenvalue weighted by atomic mass is 9.75. The van der Waals surface area contributed by atoms with Gasteiger partial charge in [-0.25, -0.2) is 0 Å². The molecule has 4 heterocycles. The normalized spacial score (nSPS) is 14.9. The van der Waals surface area contributed by atoms with Crippen LogP contribution in [0.1, 0.15) is 103 Å². The van der Waals surface area contributed by atoms with Crippen molar-refractivity contribution in [1.82, 2.24) is 9.13 Å². The van der Waals surface area contributed by atoms with Crippen LogP contribution in [0.3, 0.4) is 0 Å². The molecule has 7 aromatic carbocycles. The molecule has 0 saturated carbocycles. The van der Waals surface area contributed by atoms with Crippen LogP contribution in [0.2, 0.25) is 0 Å². The largest absolute Gasteiger partial charge is 0.386 e. The zero-order valence-electron chi connectivity index (χ0n) is 36.5. The van der Waals surface area contributed by atoms with Crippen LogP contribution in [0.4, 0.5) is 0 Å². The number of rotatable bonds is 4. The highest BCUT2D eigenvalue weighted by Crippen LogP contribution is 2.51. The van der Waals surface area contributed by atoms with E-state index in [1.165, 1.54) is 66.2 Å². The minimum Gasteiger partial charge on any atom is -0.386 e. The predicted octanol–water partition coefficient (Wildman–Crippen LogP) is 14.0. The van der Waals surface area contributed by atoms with E-state index in [1.54, 1.807) is 0 Å². The molecule has 60 heavy (non-hydrogen) atoms. The fraction of sp³-hybridized carbons (Fsp3) is 0.250. The SMILES string of the molecule is CC.CC(C)(O)c1cc(-c2ccc3c(c2)c2cccc4c2n3-c2ccccc2C4(C)C)c(C(C)(C)O)cc1-c1ccc2c(c1)c1cccc3c1n2-c1ccccc1C3(C)C. The first-order valence-corrected chi connectivity index (χ1v) is 21.6. The van der Waals surface area contributed by atoms with E-state index in [2.05, 4.69) is 170 Å². The summed E-state index contributed by atoms with van der Waals surface area (Å²) < 4.78 is 4.87. The van der Waals surface area contributed by atoms with Crippen LogP contribution >= 0.6 is 0 Å². The van der Waals surface area contributed by atoms with Crippen LogP contribution in [0, 0.1) is 0 Å². The summed E-state index contributed by atoms with van der Waals surface area (Å²) >= 11 is 0. The lowest BCUT2D eigenvalue weighted by molar-refractivity contribution is 0.0753. The van der Waals surface area contributed by atoms with Gasteiger partial charge in [0.05, 0.1) is 44.6 Å². The maximum absolute atomic E-state index is 12.0. The number of nitrogens with zero attached hydrogens (tertiary/aromatic N) is 2. The zero-order valence-corrected chi connectivity index (χ0v) is 36.5. The molecule has 4 nitrogen and oxygen atoms in total. The highest BCUT2D eigenvalue weighted by atomic mass is 16.3. The van der Waals surface area contributed by atoms with E-state index in [-0.39, 0.29) is 10.8 Å². The molecule has 11 rings (SSSR count). The maximum atomic E-state index is 12.0. The summed E-state index contributed by atoms with van der Waals surface area (Å²) in [6.45, 7) is 20.8. The quantitative estimate of drug-likeness (QED) is 0.187. The van der Waals surface area contributed by atoms with Gasteiger partial charge < -0.3 is 19.3 Å². The zero-order chi connectivity index (χ0) is 42.3. The summed E-state index contributed by atoms with van der Waals surface area (Å²) in [6.07, 6.45) is 0. The van der Waals surface area contributed by atoms with Crippen LogP contribution < -0.4 is 0 Å². The van der Waals surface area contributed by atoms with E-state index in [9.17, 15) is 10.2 Å². The first kappa shape index (κ1) is 38.3. The van der Waals surface area contributed by atoms with Gasteiger partial charge in [0.2, 0.25) is 0 Å². The topological polar surface area (TPSA) is 50.3 Å². The number of fused-ring (bicyclic) bond motifs is 10. The van der Waals surface area contributed by atoms with Crippen LogP contribution in [0.25, 0.3) is 77.2 Å². The molecule has 0 bridgehead atoms. The fourth-order valence-electron chi connectivity index (χ4n) is 10.8. The second-order valence-corrected chi connectivity index (χ2v) is 18.9. The molecule has 0 atom stereocenters. The van der Waals surface area contributed by atoms with Crippen LogP contribution in [0.15, 0.2) is 133 Å². The Kier molecular flexibility index (Phi) is 8.15. The van der Waals surface area contributed by atoms with Gasteiger partial charge in [0.1, 0.15) is 0 Å². The van der Waals surface area contributed by atoms with Gasteiger partial charge in [0.25, 0.3) is 0 Å². The minimum atomic E-state index is -1.17. The van der Waals surface area contributed by atoms with Gasteiger partial charge in [0.15, 0.2) is 0 Å². The molecule has 4 heteroatoms. The number of para-hydroxylation sites is 4. The number of hydrogen-bond donors (Lipinski definition) is 2. The molecule has 2 N–H and O–H groups in total. The van der Waals surface area contributed by atoms with Crippen LogP contribution in [0.5, 0.6) is 0 Å². The average molecular weight is 787 g/mol. The molecule has 9 aromatic rings. The molecule has 0 aliphatic carbocycles. The summed E-state index contributed by atoms with van der Waals surface area (Å²) in [6, 6.07) is 48.6. The molecule has 300 valence electrons. The Balaban J connectivity index is 0.00000213. The minimum absolute atomic E-state index is 0.147. The smallest absolute Gasteiger partial charge is 0.0846 e. The van der Waals surface area contributed by atoms with Gasteiger partial charge in [-0.1, -0.05) is 126 Å². The van der Waals surface area contributed by atoms with E-state index in [1.807, 2.05) is 41.5 Å². The van der Waals surface area contributed by atoms with E-state index >= 15 is 0 Å². The summed E-state index contributed by atoms with van der Waals surface area (Å²) in [5.41, 5.74) is 15.3. The van der Waals surface area contributed by atoms with Gasteiger partial charge in [-0.15, -0.1) is 0 Å². The fourth-order valence-corrected chi connectivity index (χ4v) is 10.8. The second kappa shape index (κ2) is 12.8. The number of aromatic nitrogens is 2. The Labute approximate surface area is 353 Å². The highest BCUT2D eigenvalue weighted by Gasteiger charge is 2.37. The number of benzene rings is 7. The Hall–Kier alpha value is -5.94. The molecule has 0 spiro atoms. The second-order valence-electron chi connectivity index (χ2n) is 18.9. The van der Waals surface area contributed by atoms with E-state index in [0.717, 1.165) is 44.4 Å². The summed E-state index contributed by atoms with van der Waals surface area (Å²) in [4.78, 5) is 0. The first-order chi connectivity index (χ1) is 28.6. The van der Waals surface area contributed by atoms with E-state index < -0.39 is 11.2 Å². The third-order valence-electron chi connectivity index (χ3n) is 13.7. The van der Waals surface area contributed by atoms with Gasteiger partial charge in [0, 0.05) is 32.4 Å². The lowest BCUT2D eigenvalue weighted by Gasteiger charge is -2.34. The van der Waals surface area contributed by atoms with E-state index in [4.69, 9.17) is 0 Å². The predicted molar refractivity (Wildman–Crippen MR) is 252 cm³/mol. The van der Waals surface area contributed by atoms with Crippen molar-refractivity contribution in [3.63, 3.8) is 0 Å². The Morgan fingerprint density at radius 1 is 0.417 bits per heavy atom. The number of hydrogen-bond acceptors (Lipinski definition) is 2. The first-order valence-electron chi connectivity index (χ1n) is 21.6. The van der Waals surface area contributed by atoms with Gasteiger partial charge in [-0.05, 0) is 132 Å². The van der Waals surface area contributed by atoms with Crippen molar-refractivity contribution < 1.29 is 10.2 Å². The molecular formula is C56H54N2O2. The molecular weight excluding hydrogens is 733 g/mol. The van der Waals surface area contributed by atoms with Crippen molar-refractivity contribution in [2.75, 3.05) is 0 Å². The molecule has 0 radical (unpaired) electrons. The van der Waals surface area contributed by atoms with Crippen LogP contribution in [-0.2, 0) is 22.0 Å². The van der Waals surface area contributed by atoms with Crippen molar-refractivity contribution in [2.45, 2.75) is 91.3 Å². The monoisotopic (exact) mass is 786 g/mol. The summed E-state index contributed by atoms with van der Waals surface area (Å²) in [5.74, 6) is 0. The molecule has 2 aliphatic heterocycles. The Bertz CT molecular complexity index is 3030. The standard InChI is InChI=1S/C54H48N2O2.C2H6/c1-51(2)39-17-9-11-21-47(39)55-45-25-23-31(27-37(45)33-15-13-19-41(51)49(33)55)35-29-44(54(7,8)58)36(30-43(35)53(5,6)57)32-24-26-46-38(28-32)34-16-14-20-42-50(34)56(46)48-22-12-10-18-40(48)52(42,3)4;1-2/h9-30,57-58H,1-8H3;1-2H3. The van der Waals surface area contributed by atoms with Gasteiger partial charge in [-0.2, -0.15) is 0 Å². The van der Waals surface area contributed by atoms with Crippen molar-refractivity contribution >= 4 is 43.6 Å². The Morgan fingerprint density at radius 2 is 0.783 bits per heavy atom. The van der Waals surface area contributed by atoms with Gasteiger partial charge in [-0.3, -0.25) is 0 Å². The number of aliphatic hydroxyl groups is 2. The Morgan fingerprint density at radius 3 is 1.17 bits per heavy atom. The van der Waals surface area contributed by atoms with E-state index in [0.29, 0.717) is 0 Å². The van der Waals surface area contributed by atoms with Crippen molar-refractivity contribution in [3.8, 4) is 33.6 Å². The third kappa shape index (κ3) is 5.17. The highest BCUT2D eigenvalue weighted by molar-refractivity contribution is 6.14. The molecule has 0 amide bonds. The van der Waals surface area contributed by atoms with Crippen LogP contribution in [-0.4, -0.2) is 19.3 Å². The third-order valence-corrected chi connectivity index (χ3v) is 13.7. The van der Waals surface area contributed by atoms with Crippen molar-refractivity contribution in [2.24, 2.45) is 0 Å². The summed E-state index contributed by atoms with van der Waals surface area (Å²) in [7, 11) is 0.